The molecule has 0 spiro atoms. The summed E-state index contributed by atoms with van der Waals surface area (Å²) in [5.41, 5.74) is 10.6. The summed E-state index contributed by atoms with van der Waals surface area (Å²) in [5, 5.41) is 30.2. The van der Waals surface area contributed by atoms with Gasteiger partial charge in [-0.1, -0.05) is 17.5 Å². The van der Waals surface area contributed by atoms with Gasteiger partial charge in [-0.3, -0.25) is 23.4 Å². The van der Waals surface area contributed by atoms with Crippen molar-refractivity contribution < 1.29 is 42.1 Å². The van der Waals surface area contributed by atoms with Crippen LogP contribution >= 0.6 is 19.0 Å². The van der Waals surface area contributed by atoms with E-state index in [1.807, 2.05) is 0 Å². The summed E-state index contributed by atoms with van der Waals surface area (Å²) in [5.74, 6) is -0.0863. The van der Waals surface area contributed by atoms with Crippen molar-refractivity contribution in [2.75, 3.05) is 18.9 Å². The van der Waals surface area contributed by atoms with Crippen molar-refractivity contribution >= 4 is 48.3 Å². The molecule has 3 aliphatic heterocycles. The van der Waals surface area contributed by atoms with Crippen LogP contribution in [0.2, 0.25) is 0 Å². The van der Waals surface area contributed by atoms with Crippen molar-refractivity contribution in [3.8, 4) is 0 Å². The second-order valence-electron chi connectivity index (χ2n) is 9.45. The Kier molecular flexibility index (Phi) is 7.52. The van der Waals surface area contributed by atoms with Gasteiger partial charge in [0.05, 0.1) is 25.9 Å². The lowest BCUT2D eigenvalue weighted by Gasteiger charge is -2.24. The molecule has 228 valence electrons. The number of fused-ring (bicyclic) bond motifs is 2. The highest BCUT2D eigenvalue weighted by molar-refractivity contribution is 8.44. The number of nitrogens with two attached hydrogens (primary N) is 2. The van der Waals surface area contributed by atoms with E-state index < -0.39 is 81.0 Å². The van der Waals surface area contributed by atoms with Gasteiger partial charge in [0.25, 0.3) is 5.56 Å². The van der Waals surface area contributed by atoms with Gasteiger partial charge in [-0.15, -0.1) is 5.10 Å². The summed E-state index contributed by atoms with van der Waals surface area (Å²) in [7, 11) is 0. The second kappa shape index (κ2) is 10.9. The molecule has 0 saturated carbocycles. The molecule has 23 heteroatoms. The summed E-state index contributed by atoms with van der Waals surface area (Å²) in [6, 6.07) is 0. The van der Waals surface area contributed by atoms with E-state index in [1.165, 1.54) is 17.2 Å². The third-order valence-corrected chi connectivity index (χ3v) is 8.41. The number of halogens is 2. The number of hydrogen-bond donors (Lipinski definition) is 7. The molecule has 3 aromatic rings. The fourth-order valence-corrected chi connectivity index (χ4v) is 6.21. The Bertz CT molecular complexity index is 1620. The molecule has 3 unspecified atom stereocenters. The first-order valence-electron chi connectivity index (χ1n) is 12.2. The van der Waals surface area contributed by atoms with Crippen molar-refractivity contribution in [3.05, 3.63) is 22.4 Å². The molecule has 2 fully saturated rings. The number of aliphatic hydroxyl groups excluding tert-OH is 2. The van der Waals surface area contributed by atoms with Gasteiger partial charge in [-0.2, -0.15) is 9.67 Å². The maximum atomic E-state index is 15.3. The average molecular weight is 636 g/mol. The maximum absolute atomic E-state index is 15.3. The van der Waals surface area contributed by atoms with Crippen molar-refractivity contribution in [2.45, 2.75) is 55.4 Å². The topological polar surface area (TPSA) is 265 Å². The first kappa shape index (κ1) is 29.0. The Hall–Kier alpha value is -3.08. The number of aromatic amines is 1. The van der Waals surface area contributed by atoms with E-state index in [0.717, 1.165) is 4.68 Å². The van der Waals surface area contributed by atoms with Crippen molar-refractivity contribution in [2.24, 2.45) is 10.7 Å². The third kappa shape index (κ3) is 4.97. The molecular formula is C19H24F2N11O8PS. The minimum absolute atomic E-state index is 0.208. The molecule has 3 aliphatic rings. The van der Waals surface area contributed by atoms with Gasteiger partial charge < -0.3 is 36.5 Å². The van der Waals surface area contributed by atoms with Gasteiger partial charge in [-0.05, 0) is 0 Å². The van der Waals surface area contributed by atoms with E-state index >= 15 is 8.78 Å². The Morgan fingerprint density at radius 1 is 1.24 bits per heavy atom. The minimum Gasteiger partial charge on any atom is -0.394 e. The van der Waals surface area contributed by atoms with Crippen LogP contribution in [0.25, 0.3) is 11.2 Å². The van der Waals surface area contributed by atoms with Gasteiger partial charge in [-0.25, -0.2) is 23.3 Å². The highest BCUT2D eigenvalue weighted by Crippen LogP contribution is 2.57. The smallest absolute Gasteiger partial charge is 0.386 e. The maximum Gasteiger partial charge on any atom is 0.386 e. The normalized spacial score (nSPS) is 34.0. The Balaban J connectivity index is 1.18. The number of anilines is 1. The number of aliphatic imine (C=N–C) groups is 1. The van der Waals surface area contributed by atoms with Gasteiger partial charge >= 0.3 is 6.80 Å². The number of aliphatic hydroxyl groups is 2. The standard InChI is InChI=1S/C19H24F2N11O8PS/c20-7-5(1-33)38-18(32-15-10(29-30-32)16(35)28-19(23)27-15)12(7)40-41(36,42)37-2-6-11(34)8(21)17(39-6)31-4-26-9-13(22)24-3-25-14(9)31/h3-8,11-13,17-18,33-34H,1-2,22H2,(H,24,25)(H,36,42)(H3,23,27,28,35)/t5-,6-,7-,8?,11-,12-,13?,17-,18-,41?/m1/s1. The number of H-pyrrole nitrogens is 1. The van der Waals surface area contributed by atoms with Gasteiger partial charge in [0.1, 0.15) is 36.3 Å². The van der Waals surface area contributed by atoms with E-state index in [1.54, 1.807) is 0 Å². The molecule has 42 heavy (non-hydrogen) atoms. The monoisotopic (exact) mass is 635 g/mol. The number of rotatable bonds is 8. The van der Waals surface area contributed by atoms with Crippen LogP contribution < -0.4 is 22.3 Å². The Morgan fingerprint density at radius 2 is 2.00 bits per heavy atom. The van der Waals surface area contributed by atoms with Crippen molar-refractivity contribution in [3.63, 3.8) is 0 Å². The zero-order valence-corrected chi connectivity index (χ0v) is 22.8. The number of nitrogens with zero attached hydrogens (tertiary/aromatic N) is 7. The fourth-order valence-electron chi connectivity index (χ4n) is 4.76. The number of nitrogen functional groups attached to an aromatic ring is 1. The molecule has 6 heterocycles. The van der Waals surface area contributed by atoms with Crippen LogP contribution in [0.4, 0.5) is 20.5 Å². The van der Waals surface area contributed by atoms with Crippen LogP contribution in [0.5, 0.6) is 0 Å². The molecule has 0 radical (unpaired) electrons. The first-order chi connectivity index (χ1) is 20.0. The van der Waals surface area contributed by atoms with Gasteiger partial charge in [0.2, 0.25) is 5.95 Å². The van der Waals surface area contributed by atoms with Crippen LogP contribution in [-0.4, -0.2) is 101 Å². The third-order valence-electron chi connectivity index (χ3n) is 6.79. The number of imidazole rings is 1. The molecule has 2 saturated heterocycles. The average Bonchev–Trinajstić information content (AvgIpc) is 3.69. The molecular weight excluding hydrogens is 611 g/mol. The lowest BCUT2D eigenvalue weighted by Crippen LogP contribution is -2.33. The highest BCUT2D eigenvalue weighted by Gasteiger charge is 2.52. The molecule has 0 bridgehead atoms. The summed E-state index contributed by atoms with van der Waals surface area (Å²) < 4.78 is 67.4. The summed E-state index contributed by atoms with van der Waals surface area (Å²) in [6.07, 6.45) is -11.5. The number of nitrogens with one attached hydrogen (secondary N) is 2. The highest BCUT2D eigenvalue weighted by atomic mass is 32.7. The molecule has 10 atom stereocenters. The number of ether oxygens (including phenoxy) is 2. The minimum atomic E-state index is -4.50. The summed E-state index contributed by atoms with van der Waals surface area (Å²) in [6.45, 7) is -6.00. The van der Waals surface area contributed by atoms with E-state index in [0.29, 0.717) is 5.69 Å². The number of aromatic nitrogens is 7. The van der Waals surface area contributed by atoms with Crippen LogP contribution in [0.1, 0.15) is 24.3 Å². The van der Waals surface area contributed by atoms with E-state index in [2.05, 4.69) is 47.8 Å². The summed E-state index contributed by atoms with van der Waals surface area (Å²) in [4.78, 5) is 26.5. The van der Waals surface area contributed by atoms with Crippen LogP contribution in [0.3, 0.4) is 0 Å². The second-order valence-corrected chi connectivity index (χ2v) is 12.3. The molecule has 0 aliphatic carbocycles. The predicted molar refractivity (Wildman–Crippen MR) is 139 cm³/mol. The molecule has 0 aromatic carbocycles. The van der Waals surface area contributed by atoms with Crippen molar-refractivity contribution in [1.29, 1.82) is 0 Å². The SMILES string of the molecule is Nc1nc2c(nnn2[C@@H]2O[C@H](CO)[C@@H](F)[C@H]2OP(=O)(S)OC[C@H]2O[C@@H](n3cnc4c3N=CNC4N)C(F)[C@@H]2O)c(=O)[nH]1. The number of thiol groups is 1. The molecule has 8 N–H and O–H groups in total. The predicted octanol–water partition coefficient (Wildman–Crippen LogP) is -1.52. The van der Waals surface area contributed by atoms with Crippen LogP contribution in [0.15, 0.2) is 16.1 Å². The van der Waals surface area contributed by atoms with Gasteiger partial charge in [0, 0.05) is 0 Å². The Labute approximate surface area is 237 Å². The lowest BCUT2D eigenvalue weighted by atomic mass is 10.1. The van der Waals surface area contributed by atoms with Crippen LogP contribution in [-0.2, 0) is 23.1 Å². The largest absolute Gasteiger partial charge is 0.394 e. The molecule has 6 rings (SSSR count). The molecule has 0 amide bonds. The zero-order chi connectivity index (χ0) is 29.9. The van der Waals surface area contributed by atoms with E-state index in [4.69, 9.17) is 30.0 Å². The molecule has 19 nitrogen and oxygen atoms in total. The lowest BCUT2D eigenvalue weighted by molar-refractivity contribution is -0.0578. The van der Waals surface area contributed by atoms with E-state index in [-0.39, 0.29) is 22.9 Å². The number of hydrogen-bond acceptors (Lipinski definition) is 16. The van der Waals surface area contributed by atoms with Gasteiger partial charge in [0.15, 0.2) is 41.8 Å². The first-order valence-corrected chi connectivity index (χ1v) is 14.9. The quantitative estimate of drug-likeness (QED) is 0.109. The van der Waals surface area contributed by atoms with E-state index in [9.17, 15) is 19.6 Å². The zero-order valence-electron chi connectivity index (χ0n) is 21.0. The molecule has 3 aromatic heterocycles. The van der Waals surface area contributed by atoms with Crippen molar-refractivity contribution in [1.82, 2.24) is 39.8 Å². The Morgan fingerprint density at radius 3 is 2.76 bits per heavy atom. The summed E-state index contributed by atoms with van der Waals surface area (Å²) >= 11 is 3.89. The van der Waals surface area contributed by atoms with Crippen LogP contribution in [0, 0.1) is 0 Å². The fraction of sp³-hybridized carbons (Fsp3) is 0.579. The number of alkyl halides is 2.